The topological polar surface area (TPSA) is 335 Å². The second kappa shape index (κ2) is 36.8. The molecule has 2 unspecified atom stereocenters. The van der Waals surface area contributed by atoms with E-state index in [9.17, 15) is 45.6 Å². The van der Waals surface area contributed by atoms with Gasteiger partial charge >= 0.3 is 11.9 Å². The third kappa shape index (κ3) is 19.8. The van der Waals surface area contributed by atoms with Crippen LogP contribution < -0.4 is 37.9 Å². The zero-order valence-corrected chi connectivity index (χ0v) is 77.0. The Morgan fingerprint density at radius 3 is 1.22 bits per heavy atom. The van der Waals surface area contributed by atoms with Crippen LogP contribution in [0.15, 0.2) is 109 Å². The highest BCUT2D eigenvalue weighted by Gasteiger charge is 2.64. The lowest BCUT2D eigenvalue weighted by Gasteiger charge is -2.32. The number of methoxy groups -OCH3 is 4. The van der Waals surface area contributed by atoms with Crippen molar-refractivity contribution in [2.75, 3.05) is 41.5 Å². The van der Waals surface area contributed by atoms with Crippen molar-refractivity contribution < 1.29 is 93.1 Å². The van der Waals surface area contributed by atoms with Gasteiger partial charge in [0.2, 0.25) is 55.4 Å². The van der Waals surface area contributed by atoms with Crippen molar-refractivity contribution in [3.63, 3.8) is 0 Å². The van der Waals surface area contributed by atoms with Gasteiger partial charge < -0.3 is 47.7 Å². The maximum absolute atomic E-state index is 15.2. The number of pyridine rings is 2. The highest BCUT2D eigenvalue weighted by molar-refractivity contribution is 7.91. The summed E-state index contributed by atoms with van der Waals surface area (Å²) in [7, 11) is -1.52. The Kier molecular flexibility index (Phi) is 26.0. The average Bonchev–Trinajstić information content (AvgIpc) is 1.57. The van der Waals surface area contributed by atoms with E-state index in [1.165, 1.54) is 12.8 Å². The third-order valence-electron chi connectivity index (χ3n) is 29.6. The van der Waals surface area contributed by atoms with Crippen LogP contribution in [0.25, 0.3) is 44.1 Å². The predicted molar refractivity (Wildman–Crippen MR) is 480 cm³/mol. The summed E-state index contributed by atoms with van der Waals surface area (Å²) >= 11 is 13.1. The minimum Gasteiger partial charge on any atom is -0.497 e. The predicted octanol–water partition coefficient (Wildman–Crippen LogP) is 15.7. The fourth-order valence-electron chi connectivity index (χ4n) is 21.4. The van der Waals surface area contributed by atoms with Crippen molar-refractivity contribution in [2.24, 2.45) is 81.8 Å². The Balaban J connectivity index is 0.000000180. The molecule has 4 amide bonds. The Labute approximate surface area is 758 Å². The van der Waals surface area contributed by atoms with Gasteiger partial charge in [-0.1, -0.05) is 75.2 Å². The number of allylic oxidation sites excluding steroid dienone is 4. The van der Waals surface area contributed by atoms with E-state index in [0.717, 1.165) is 62.1 Å². The number of carbonyl (C=O) groups is 8. The molecule has 684 valence electrons. The summed E-state index contributed by atoms with van der Waals surface area (Å²) in [6.45, 7) is 8.32. The number of ketones is 2. The highest BCUT2D eigenvalue weighted by Crippen LogP contribution is 2.60. The molecule has 8 saturated carbocycles. The average molecular weight is 1830 g/mol. The van der Waals surface area contributed by atoms with Crippen molar-refractivity contribution >= 4 is 112 Å². The highest BCUT2D eigenvalue weighted by atomic mass is 35.5. The molecule has 26 nitrogen and oxygen atoms in total. The summed E-state index contributed by atoms with van der Waals surface area (Å²) in [5.41, 5.74) is -0.0293. The van der Waals surface area contributed by atoms with Gasteiger partial charge in [-0.25, -0.2) is 26.8 Å². The lowest BCUT2D eigenvalue weighted by molar-refractivity contribution is -0.155. The van der Waals surface area contributed by atoms with Crippen molar-refractivity contribution in [3.05, 3.63) is 119 Å². The number of rotatable bonds is 22. The second-order valence-corrected chi connectivity index (χ2v) is 43.7. The van der Waals surface area contributed by atoms with E-state index in [4.69, 9.17) is 71.1 Å². The van der Waals surface area contributed by atoms with Gasteiger partial charge in [0, 0.05) is 47.6 Å². The molecule has 18 rings (SSSR count). The van der Waals surface area contributed by atoms with Gasteiger partial charge in [0.25, 0.3) is 0 Å². The van der Waals surface area contributed by atoms with Crippen LogP contribution in [-0.4, -0.2) is 172 Å². The van der Waals surface area contributed by atoms with Crippen molar-refractivity contribution in [1.82, 2.24) is 29.2 Å². The number of nitrogens with one attached hydrogen (secondary N) is 2. The molecule has 6 aromatic rings. The van der Waals surface area contributed by atoms with Crippen LogP contribution in [0.4, 0.5) is 0 Å². The van der Waals surface area contributed by atoms with Crippen LogP contribution in [0.5, 0.6) is 34.8 Å². The molecule has 0 bridgehead atoms. The molecular formula is C98H116Cl2N6O20S2. The van der Waals surface area contributed by atoms with Crippen molar-refractivity contribution in [1.29, 1.82) is 0 Å². The van der Waals surface area contributed by atoms with Crippen molar-refractivity contribution in [3.8, 4) is 57.3 Å². The first-order chi connectivity index (χ1) is 61.3. The van der Waals surface area contributed by atoms with Crippen LogP contribution in [0.1, 0.15) is 182 Å². The number of amides is 4. The molecule has 6 heterocycles. The Morgan fingerprint density at radius 1 is 0.469 bits per heavy atom. The Bertz CT molecular complexity index is 5310. The number of sulfonamides is 2. The van der Waals surface area contributed by atoms with E-state index >= 15 is 9.59 Å². The standard InChI is InChI=1S/2C49H58ClN3O10S/c2*1-27-7-5-6-8-33-24-49(33,48(57)52-64(58,59)37-11-12-37)25-43(54)42-22-36(26-53(42)47(56)39(28(2)15-27)23-45(55)62-35-17-30-16-31(30)18-35)63-46-38-13-10-34(60-3)19-32(38)21-41(51-46)29-9-14-44(61-4)40(50)20-29/h2*6,8-10,13-14,19-21,27-28,30-31,33,35-37,39,42H,5,7,11-12,15-18,22-26H2,1-4H3,(H,52,57)/b2*8-6-/t27-,28+,30-,31+,33+,35?,36+,39-,42-,49+;27-,28-,30-,31+,33-,35?,36-,39+,42+,49-/m01/s1. The minimum absolute atomic E-state index is 0.0194. The van der Waals surface area contributed by atoms with Crippen LogP contribution in [0, 0.1) is 81.8 Å². The number of ether oxygens (including phenoxy) is 8. The number of benzene rings is 4. The van der Waals surface area contributed by atoms with Gasteiger partial charge in [0.1, 0.15) is 47.4 Å². The molecule has 8 aliphatic carbocycles. The van der Waals surface area contributed by atoms with E-state index in [-0.39, 0.29) is 134 Å². The molecule has 2 aromatic heterocycles. The first kappa shape index (κ1) is 90.6. The number of hydrogen-bond donors (Lipinski definition) is 2. The van der Waals surface area contributed by atoms with Gasteiger partial charge in [-0.15, -0.1) is 0 Å². The zero-order valence-electron chi connectivity index (χ0n) is 73.9. The van der Waals surface area contributed by atoms with E-state index in [0.29, 0.717) is 141 Å². The molecule has 128 heavy (non-hydrogen) atoms. The summed E-state index contributed by atoms with van der Waals surface area (Å²) in [5.74, 6) is -0.525. The minimum atomic E-state index is -3.89. The lowest BCUT2D eigenvalue weighted by Crippen LogP contribution is -2.47. The summed E-state index contributed by atoms with van der Waals surface area (Å²) in [6, 6.07) is 23.6. The molecule has 4 aliphatic heterocycles. The molecule has 0 radical (unpaired) electrons. The smallest absolute Gasteiger partial charge is 0.306 e. The number of esters is 2. The first-order valence-corrected chi connectivity index (χ1v) is 49.6. The molecule has 2 saturated heterocycles. The number of fused-ring (bicyclic) bond motifs is 8. The van der Waals surface area contributed by atoms with Gasteiger partial charge in [-0.05, 0) is 270 Å². The number of carbonyl (C=O) groups excluding carboxylic acids is 8. The van der Waals surface area contributed by atoms with Crippen LogP contribution in [-0.2, 0) is 67.9 Å². The fraction of sp³-hybridized carbons (Fsp3) is 0.571. The third-order valence-corrected chi connectivity index (χ3v) is 33.8. The molecule has 2 N–H and O–H groups in total. The SMILES string of the molecule is COc1ccc2c(O[C@@H]3C[C@H]4C(=O)C[C@]5(C(=O)NS(=O)(=O)C6CC6)C[C@H]5/C=C\CC[C@@H](C)C[C@@H](C)[C@H](CC(=O)OC5C[C@@H]6C[C@@H]6C5)C(=O)N4C3)nc(-c3ccc(OC)c(Cl)c3)cc2c1.COc1ccc2c(O[C@@H]3C[C@H]4C(=O)C[C@]5(C(=O)NS(=O)(=O)C6CC6)C[C@H]5/C=C\CC[C@H](C)C[C@@H](C)[C@H](CC(=O)OC5C[C@@H]6C[C@@H]6C5)C(=O)N4C3)nc(-c3ccc(OC)c(Cl)c3)cc2c1. The van der Waals surface area contributed by atoms with Crippen LogP contribution >= 0.6 is 23.2 Å². The monoisotopic (exact) mass is 1830 g/mol. The van der Waals surface area contributed by atoms with E-state index in [1.54, 1.807) is 62.5 Å². The second-order valence-electron chi connectivity index (χ2n) is 39.0. The summed E-state index contributed by atoms with van der Waals surface area (Å²) in [6.07, 6.45) is 18.5. The largest absolute Gasteiger partial charge is 0.497 e. The first-order valence-electron chi connectivity index (χ1n) is 45.8. The maximum atomic E-state index is 15.2. The number of hydrogen-bond acceptors (Lipinski definition) is 22. The number of Topliss-reactive ketones (excluding diaryl/α,β-unsaturated/α-hetero) is 2. The Hall–Kier alpha value is -9.38. The molecule has 0 spiro atoms. The number of nitrogens with zero attached hydrogens (tertiary/aromatic N) is 4. The van der Waals surface area contributed by atoms with E-state index < -0.39 is 101 Å². The van der Waals surface area contributed by atoms with E-state index in [2.05, 4.69) is 23.3 Å². The van der Waals surface area contributed by atoms with Crippen molar-refractivity contribution in [2.45, 2.75) is 229 Å². The summed E-state index contributed by atoms with van der Waals surface area (Å²) in [4.78, 5) is 129. The molecule has 20 atom stereocenters. The molecule has 4 aromatic carbocycles. The molecule has 12 aliphatic rings. The molecule has 30 heteroatoms. The van der Waals surface area contributed by atoms with Gasteiger partial charge in [-0.2, -0.15) is 0 Å². The maximum Gasteiger partial charge on any atom is 0.306 e. The van der Waals surface area contributed by atoms with Crippen LogP contribution in [0.3, 0.4) is 0 Å². The van der Waals surface area contributed by atoms with Gasteiger partial charge in [-0.3, -0.25) is 47.8 Å². The van der Waals surface area contributed by atoms with E-state index in [1.807, 2.05) is 98.8 Å². The number of aromatic nitrogens is 2. The summed E-state index contributed by atoms with van der Waals surface area (Å²) in [5, 5.41) is 2.48. The van der Waals surface area contributed by atoms with Gasteiger partial charge in [0.05, 0.1) is 121 Å². The molecular weight excluding hydrogens is 1720 g/mol. The quantitative estimate of drug-likeness (QED) is 0.0471. The normalized spacial score (nSPS) is 32.0. The molecule has 10 fully saturated rings. The fourth-order valence-corrected chi connectivity index (χ4v) is 24.7. The summed E-state index contributed by atoms with van der Waals surface area (Å²) < 4.78 is 104. The van der Waals surface area contributed by atoms with Gasteiger partial charge in [0.15, 0.2) is 11.6 Å². The van der Waals surface area contributed by atoms with Crippen LogP contribution in [0.2, 0.25) is 10.0 Å². The Morgan fingerprint density at radius 2 is 0.859 bits per heavy atom. The zero-order chi connectivity index (χ0) is 90.2. The lowest BCUT2D eigenvalue weighted by atomic mass is 9.82. The number of halogens is 2.